The van der Waals surface area contributed by atoms with Gasteiger partial charge in [0.25, 0.3) is 5.91 Å². The van der Waals surface area contributed by atoms with E-state index in [4.69, 9.17) is 4.52 Å². The quantitative estimate of drug-likeness (QED) is 0.893. The molecule has 2 heterocycles. The molecule has 3 rings (SSSR count). The largest absolute Gasteiger partial charge is 0.507 e. The van der Waals surface area contributed by atoms with Crippen LogP contribution in [-0.2, 0) is 4.79 Å². The van der Waals surface area contributed by atoms with Crippen LogP contribution in [-0.4, -0.2) is 40.1 Å². The van der Waals surface area contributed by atoms with Crippen LogP contribution in [0, 0.1) is 19.8 Å². The normalized spacial score (nSPS) is 15.2. The van der Waals surface area contributed by atoms with Crippen LogP contribution in [0.3, 0.4) is 0 Å². The van der Waals surface area contributed by atoms with Gasteiger partial charge in [-0.15, -0.1) is 0 Å². The third kappa shape index (κ3) is 3.81. The average Bonchev–Trinajstić information content (AvgIpc) is 3.01. The first-order valence-electron chi connectivity index (χ1n) is 8.27. The van der Waals surface area contributed by atoms with Gasteiger partial charge in [-0.05, 0) is 38.8 Å². The second-order valence-electron chi connectivity index (χ2n) is 6.40. The van der Waals surface area contributed by atoms with Crippen LogP contribution < -0.4 is 5.32 Å². The van der Waals surface area contributed by atoms with E-state index < -0.39 is 0 Å². The highest BCUT2D eigenvalue weighted by atomic mass is 16.5. The zero-order valence-corrected chi connectivity index (χ0v) is 14.3. The van der Waals surface area contributed by atoms with Gasteiger partial charge in [-0.25, -0.2) is 0 Å². The monoisotopic (exact) mass is 343 g/mol. The van der Waals surface area contributed by atoms with Gasteiger partial charge < -0.3 is 19.8 Å². The lowest BCUT2D eigenvalue weighted by Crippen LogP contribution is -2.41. The highest BCUT2D eigenvalue weighted by molar-refractivity contribution is 5.97. The minimum Gasteiger partial charge on any atom is -0.507 e. The predicted octanol–water partition coefficient (Wildman–Crippen LogP) is 2.49. The molecule has 0 atom stereocenters. The number of hydrogen-bond donors (Lipinski definition) is 2. The van der Waals surface area contributed by atoms with Crippen LogP contribution in [0.25, 0.3) is 0 Å². The number of nitrogens with one attached hydrogen (secondary N) is 1. The van der Waals surface area contributed by atoms with Crippen molar-refractivity contribution in [1.82, 2.24) is 10.1 Å². The van der Waals surface area contributed by atoms with Gasteiger partial charge >= 0.3 is 0 Å². The predicted molar refractivity (Wildman–Crippen MR) is 91.3 cm³/mol. The molecule has 2 amide bonds. The van der Waals surface area contributed by atoms with Crippen LogP contribution >= 0.6 is 0 Å². The molecule has 0 aliphatic carbocycles. The van der Waals surface area contributed by atoms with E-state index in [2.05, 4.69) is 10.5 Å². The Balaban J connectivity index is 1.58. The number of benzene rings is 1. The van der Waals surface area contributed by atoms with E-state index in [0.29, 0.717) is 43.1 Å². The van der Waals surface area contributed by atoms with Gasteiger partial charge in [0, 0.05) is 25.1 Å². The summed E-state index contributed by atoms with van der Waals surface area (Å²) in [6, 6.07) is 6.64. The zero-order chi connectivity index (χ0) is 18.0. The molecule has 1 aromatic carbocycles. The number of likely N-dealkylation sites (tertiary alicyclic amines) is 1. The molecule has 1 aromatic heterocycles. The summed E-state index contributed by atoms with van der Waals surface area (Å²) in [7, 11) is 0. The van der Waals surface area contributed by atoms with E-state index in [9.17, 15) is 14.7 Å². The van der Waals surface area contributed by atoms with Gasteiger partial charge in [-0.3, -0.25) is 9.59 Å². The Kier molecular flexibility index (Phi) is 4.74. The first kappa shape index (κ1) is 17.0. The molecule has 0 radical (unpaired) electrons. The van der Waals surface area contributed by atoms with Crippen LogP contribution in [0.5, 0.6) is 5.75 Å². The number of phenols is 1. The van der Waals surface area contributed by atoms with Gasteiger partial charge in [0.15, 0.2) is 5.82 Å². The topological polar surface area (TPSA) is 95.7 Å². The number of carbonyl (C=O) groups is 2. The number of aromatic hydroxyl groups is 1. The number of hydrogen-bond acceptors (Lipinski definition) is 5. The number of anilines is 1. The van der Waals surface area contributed by atoms with Gasteiger partial charge in [0.1, 0.15) is 11.5 Å². The summed E-state index contributed by atoms with van der Waals surface area (Å²) in [5.74, 6) is 0.536. The summed E-state index contributed by atoms with van der Waals surface area (Å²) >= 11 is 0. The highest BCUT2D eigenvalue weighted by Gasteiger charge is 2.29. The van der Waals surface area contributed by atoms with E-state index in [-0.39, 0.29) is 23.5 Å². The SMILES string of the molecule is Cc1ccc(O)c(C(=O)N2CCC(C(=O)Nc3cc(C)on3)CC2)c1. The molecule has 1 saturated heterocycles. The van der Waals surface area contributed by atoms with Crippen molar-refractivity contribution in [3.8, 4) is 5.75 Å². The molecule has 0 bridgehead atoms. The first-order valence-corrected chi connectivity index (χ1v) is 8.27. The van der Waals surface area contributed by atoms with Crippen molar-refractivity contribution in [2.24, 2.45) is 5.92 Å². The van der Waals surface area contributed by atoms with Crippen molar-refractivity contribution in [2.75, 3.05) is 18.4 Å². The third-order valence-electron chi connectivity index (χ3n) is 4.41. The standard InChI is InChI=1S/C18H21N3O4/c1-11-3-4-15(22)14(9-11)18(24)21-7-5-13(6-8-21)17(23)19-16-10-12(2)25-20-16/h3-4,9-10,13,22H,5-8H2,1-2H3,(H,19,20,23). The summed E-state index contributed by atoms with van der Waals surface area (Å²) in [5.41, 5.74) is 1.22. The summed E-state index contributed by atoms with van der Waals surface area (Å²) in [6.07, 6.45) is 1.14. The maximum absolute atomic E-state index is 12.6. The fourth-order valence-electron chi connectivity index (χ4n) is 2.99. The van der Waals surface area contributed by atoms with E-state index >= 15 is 0 Å². The number of carbonyl (C=O) groups excluding carboxylic acids is 2. The summed E-state index contributed by atoms with van der Waals surface area (Å²) in [4.78, 5) is 26.6. The Hall–Kier alpha value is -2.83. The maximum atomic E-state index is 12.6. The van der Waals surface area contributed by atoms with Crippen molar-refractivity contribution in [1.29, 1.82) is 0 Å². The van der Waals surface area contributed by atoms with Crippen molar-refractivity contribution < 1.29 is 19.2 Å². The van der Waals surface area contributed by atoms with Crippen molar-refractivity contribution in [2.45, 2.75) is 26.7 Å². The highest BCUT2D eigenvalue weighted by Crippen LogP contribution is 2.24. The third-order valence-corrected chi connectivity index (χ3v) is 4.41. The van der Waals surface area contributed by atoms with Gasteiger partial charge in [0.2, 0.25) is 5.91 Å². The molecule has 7 heteroatoms. The van der Waals surface area contributed by atoms with Crippen molar-refractivity contribution >= 4 is 17.6 Å². The van der Waals surface area contributed by atoms with Crippen molar-refractivity contribution in [3.63, 3.8) is 0 Å². The smallest absolute Gasteiger partial charge is 0.257 e. The van der Waals surface area contributed by atoms with Crippen LogP contribution in [0.2, 0.25) is 0 Å². The maximum Gasteiger partial charge on any atom is 0.257 e. The van der Waals surface area contributed by atoms with E-state index in [1.807, 2.05) is 6.92 Å². The Labute approximate surface area is 145 Å². The molecular weight excluding hydrogens is 322 g/mol. The second-order valence-corrected chi connectivity index (χ2v) is 6.40. The minimum atomic E-state index is -0.202. The molecule has 0 saturated carbocycles. The summed E-state index contributed by atoms with van der Waals surface area (Å²) < 4.78 is 4.93. The zero-order valence-electron chi connectivity index (χ0n) is 14.3. The van der Waals surface area contributed by atoms with Crippen molar-refractivity contribution in [3.05, 3.63) is 41.2 Å². The number of phenolic OH excluding ortho intramolecular Hbond substituents is 1. The molecule has 1 aliphatic rings. The Morgan fingerprint density at radius 3 is 2.60 bits per heavy atom. The number of rotatable bonds is 3. The average molecular weight is 343 g/mol. The fraction of sp³-hybridized carbons (Fsp3) is 0.389. The number of piperidine rings is 1. The first-order chi connectivity index (χ1) is 11.9. The number of aryl methyl sites for hydroxylation is 2. The molecule has 2 N–H and O–H groups in total. The Morgan fingerprint density at radius 1 is 1.24 bits per heavy atom. The van der Waals surface area contributed by atoms with Gasteiger partial charge in [0.05, 0.1) is 5.56 Å². The molecule has 2 aromatic rings. The van der Waals surface area contributed by atoms with Crippen LogP contribution in [0.15, 0.2) is 28.8 Å². The minimum absolute atomic E-state index is 0.0168. The molecule has 132 valence electrons. The van der Waals surface area contributed by atoms with E-state index in [0.717, 1.165) is 5.56 Å². The molecule has 0 spiro atoms. The van der Waals surface area contributed by atoms with E-state index in [1.54, 1.807) is 30.0 Å². The molecule has 0 unspecified atom stereocenters. The molecule has 1 fully saturated rings. The number of aromatic nitrogens is 1. The van der Waals surface area contributed by atoms with Crippen LogP contribution in [0.1, 0.15) is 34.5 Å². The molecule has 25 heavy (non-hydrogen) atoms. The van der Waals surface area contributed by atoms with E-state index in [1.165, 1.54) is 6.07 Å². The lowest BCUT2D eigenvalue weighted by Gasteiger charge is -2.31. The lowest BCUT2D eigenvalue weighted by atomic mass is 9.95. The van der Waals surface area contributed by atoms with Crippen LogP contribution in [0.4, 0.5) is 5.82 Å². The number of amides is 2. The molecular formula is C18H21N3O4. The lowest BCUT2D eigenvalue weighted by molar-refractivity contribution is -0.121. The van der Waals surface area contributed by atoms with Gasteiger partial charge in [-0.1, -0.05) is 16.8 Å². The summed E-state index contributed by atoms with van der Waals surface area (Å²) in [6.45, 7) is 4.58. The Bertz CT molecular complexity index is 791. The second kappa shape index (κ2) is 6.96. The summed E-state index contributed by atoms with van der Waals surface area (Å²) in [5, 5.41) is 16.4. The molecule has 1 aliphatic heterocycles. The molecule has 7 nitrogen and oxygen atoms in total. The fourth-order valence-corrected chi connectivity index (χ4v) is 2.99. The Morgan fingerprint density at radius 2 is 1.96 bits per heavy atom. The number of nitrogens with zero attached hydrogens (tertiary/aromatic N) is 2. The van der Waals surface area contributed by atoms with Gasteiger partial charge in [-0.2, -0.15) is 0 Å².